The number of carbonyl (C=O) groups is 2. The number of ether oxygens (including phenoxy) is 1. The molecule has 0 amide bonds. The summed E-state index contributed by atoms with van der Waals surface area (Å²) in [6.45, 7) is 8.40. The second kappa shape index (κ2) is 12.7. The summed E-state index contributed by atoms with van der Waals surface area (Å²) in [7, 11) is 0. The summed E-state index contributed by atoms with van der Waals surface area (Å²) in [4.78, 5) is 20.1. The molecule has 17 heavy (non-hydrogen) atoms. The van der Waals surface area contributed by atoms with Crippen LogP contribution in [0, 0.1) is 5.92 Å². The molecule has 0 saturated heterocycles. The molecule has 0 radical (unpaired) electrons. The van der Waals surface area contributed by atoms with Gasteiger partial charge in [0.25, 0.3) is 0 Å². The lowest BCUT2D eigenvalue weighted by molar-refractivity contribution is -0.141. The molecule has 0 fully saturated rings. The Kier molecular flexibility index (Phi) is 13.5. The Morgan fingerprint density at radius 3 is 2.24 bits per heavy atom. The SMILES string of the molecule is C=COC(C)=O.CCCCCCC(C)C(=O)O. The van der Waals surface area contributed by atoms with Gasteiger partial charge < -0.3 is 9.84 Å². The molecule has 100 valence electrons. The average Bonchev–Trinajstić information content (AvgIpc) is 2.24. The summed E-state index contributed by atoms with van der Waals surface area (Å²) in [6.07, 6.45) is 6.60. The van der Waals surface area contributed by atoms with E-state index in [1.165, 1.54) is 26.2 Å². The number of carboxylic acids is 1. The van der Waals surface area contributed by atoms with E-state index in [0.717, 1.165) is 19.1 Å². The molecule has 0 spiro atoms. The van der Waals surface area contributed by atoms with Crippen LogP contribution in [0.15, 0.2) is 12.8 Å². The summed E-state index contributed by atoms with van der Waals surface area (Å²) in [5.74, 6) is -1.15. The van der Waals surface area contributed by atoms with Gasteiger partial charge in [-0.15, -0.1) is 0 Å². The zero-order chi connectivity index (χ0) is 13.7. The third-order valence-electron chi connectivity index (χ3n) is 2.16. The number of unbranched alkanes of at least 4 members (excludes halogenated alkanes) is 3. The molecular formula is C13H24O4. The van der Waals surface area contributed by atoms with E-state index in [9.17, 15) is 9.59 Å². The molecule has 1 N–H and O–H groups in total. The predicted octanol–water partition coefficient (Wildman–Crippen LogP) is 3.37. The molecule has 0 aliphatic rings. The first-order valence-corrected chi connectivity index (χ1v) is 5.96. The smallest absolute Gasteiger partial charge is 0.307 e. The fraction of sp³-hybridized carbons (Fsp3) is 0.692. The topological polar surface area (TPSA) is 63.6 Å². The molecule has 0 heterocycles. The van der Waals surface area contributed by atoms with Gasteiger partial charge >= 0.3 is 11.9 Å². The monoisotopic (exact) mass is 244 g/mol. The molecule has 4 heteroatoms. The van der Waals surface area contributed by atoms with Crippen LogP contribution in [0.1, 0.15) is 52.9 Å². The van der Waals surface area contributed by atoms with Crippen LogP contribution in [0.3, 0.4) is 0 Å². The number of rotatable bonds is 7. The lowest BCUT2D eigenvalue weighted by Gasteiger charge is -2.04. The zero-order valence-corrected chi connectivity index (χ0v) is 11.1. The Bertz CT molecular complexity index is 223. The zero-order valence-electron chi connectivity index (χ0n) is 11.1. The molecule has 0 aliphatic carbocycles. The summed E-state index contributed by atoms with van der Waals surface area (Å²) >= 11 is 0. The van der Waals surface area contributed by atoms with Gasteiger partial charge in [0.15, 0.2) is 0 Å². The minimum absolute atomic E-state index is 0.160. The van der Waals surface area contributed by atoms with E-state index in [-0.39, 0.29) is 11.9 Å². The van der Waals surface area contributed by atoms with Gasteiger partial charge in [0, 0.05) is 6.92 Å². The normalized spacial score (nSPS) is 10.8. The van der Waals surface area contributed by atoms with Crippen LogP contribution >= 0.6 is 0 Å². The highest BCUT2D eigenvalue weighted by atomic mass is 16.5. The Morgan fingerprint density at radius 1 is 1.35 bits per heavy atom. The summed E-state index contributed by atoms with van der Waals surface area (Å²) in [5, 5.41) is 8.54. The van der Waals surface area contributed by atoms with Crippen LogP contribution in [0.5, 0.6) is 0 Å². The first-order chi connectivity index (χ1) is 7.95. The van der Waals surface area contributed by atoms with Gasteiger partial charge in [0.05, 0.1) is 12.2 Å². The molecule has 0 rings (SSSR count). The van der Waals surface area contributed by atoms with Gasteiger partial charge in [-0.1, -0.05) is 46.1 Å². The average molecular weight is 244 g/mol. The number of aliphatic carboxylic acids is 1. The first-order valence-electron chi connectivity index (χ1n) is 5.96. The van der Waals surface area contributed by atoms with Crippen molar-refractivity contribution in [2.24, 2.45) is 5.92 Å². The van der Waals surface area contributed by atoms with Gasteiger partial charge in [-0.25, -0.2) is 0 Å². The maximum absolute atomic E-state index is 10.4. The number of carbonyl (C=O) groups excluding carboxylic acids is 1. The van der Waals surface area contributed by atoms with Crippen LogP contribution in [0.2, 0.25) is 0 Å². The first kappa shape index (κ1) is 18.1. The predicted molar refractivity (Wildman–Crippen MR) is 67.5 cm³/mol. The van der Waals surface area contributed by atoms with Crippen molar-refractivity contribution in [3.05, 3.63) is 12.8 Å². The van der Waals surface area contributed by atoms with E-state index in [2.05, 4.69) is 18.2 Å². The molecule has 0 saturated carbocycles. The summed E-state index contributed by atoms with van der Waals surface area (Å²) in [6, 6.07) is 0. The van der Waals surface area contributed by atoms with Crippen LogP contribution in [-0.4, -0.2) is 17.0 Å². The Balaban J connectivity index is 0. The van der Waals surface area contributed by atoms with Gasteiger partial charge in [-0.05, 0) is 6.42 Å². The fourth-order valence-electron chi connectivity index (χ4n) is 1.12. The number of hydrogen-bond donors (Lipinski definition) is 1. The molecule has 0 aromatic rings. The standard InChI is InChI=1S/C9H18O2.C4H6O2/c1-3-4-5-6-7-8(2)9(10)11;1-3-6-4(2)5/h8H,3-7H2,1-2H3,(H,10,11);3H,1H2,2H3. The third-order valence-corrected chi connectivity index (χ3v) is 2.16. The van der Waals surface area contributed by atoms with E-state index in [4.69, 9.17) is 5.11 Å². The van der Waals surface area contributed by atoms with Crippen molar-refractivity contribution < 1.29 is 19.4 Å². The van der Waals surface area contributed by atoms with E-state index in [0.29, 0.717) is 0 Å². The molecule has 0 aromatic carbocycles. The van der Waals surface area contributed by atoms with Crippen LogP contribution in [0.25, 0.3) is 0 Å². The van der Waals surface area contributed by atoms with Crippen molar-refractivity contribution in [2.75, 3.05) is 0 Å². The fourth-order valence-corrected chi connectivity index (χ4v) is 1.12. The minimum Gasteiger partial charge on any atom is -0.481 e. The Morgan fingerprint density at radius 2 is 1.94 bits per heavy atom. The molecular weight excluding hydrogens is 220 g/mol. The van der Waals surface area contributed by atoms with Gasteiger partial charge in [0.2, 0.25) is 0 Å². The minimum atomic E-state index is -0.665. The molecule has 1 atom stereocenters. The maximum Gasteiger partial charge on any atom is 0.307 e. The van der Waals surface area contributed by atoms with Crippen molar-refractivity contribution in [2.45, 2.75) is 52.9 Å². The van der Waals surface area contributed by atoms with Crippen molar-refractivity contribution in [1.29, 1.82) is 0 Å². The molecule has 4 nitrogen and oxygen atoms in total. The highest BCUT2D eigenvalue weighted by Crippen LogP contribution is 2.09. The second-order valence-corrected chi connectivity index (χ2v) is 3.86. The third kappa shape index (κ3) is 17.3. The number of esters is 1. The van der Waals surface area contributed by atoms with Crippen molar-refractivity contribution in [3.63, 3.8) is 0 Å². The van der Waals surface area contributed by atoms with E-state index in [1.807, 2.05) is 0 Å². The molecule has 0 aromatic heterocycles. The van der Waals surface area contributed by atoms with Gasteiger partial charge in [-0.3, -0.25) is 9.59 Å². The van der Waals surface area contributed by atoms with Crippen LogP contribution in [0.4, 0.5) is 0 Å². The number of carboxylic acid groups (broad SMARTS) is 1. The lowest BCUT2D eigenvalue weighted by Crippen LogP contribution is -2.08. The molecule has 0 aliphatic heterocycles. The van der Waals surface area contributed by atoms with E-state index in [1.54, 1.807) is 6.92 Å². The Hall–Kier alpha value is -1.32. The van der Waals surface area contributed by atoms with Crippen molar-refractivity contribution in [3.8, 4) is 0 Å². The quantitative estimate of drug-likeness (QED) is 0.423. The van der Waals surface area contributed by atoms with Gasteiger partial charge in [-0.2, -0.15) is 0 Å². The van der Waals surface area contributed by atoms with Crippen molar-refractivity contribution in [1.82, 2.24) is 0 Å². The largest absolute Gasteiger partial charge is 0.481 e. The molecule has 1 unspecified atom stereocenters. The van der Waals surface area contributed by atoms with Crippen LogP contribution < -0.4 is 0 Å². The highest BCUT2D eigenvalue weighted by molar-refractivity contribution is 5.69. The van der Waals surface area contributed by atoms with E-state index >= 15 is 0 Å². The van der Waals surface area contributed by atoms with Crippen LogP contribution in [-0.2, 0) is 14.3 Å². The lowest BCUT2D eigenvalue weighted by atomic mass is 10.0. The summed E-state index contributed by atoms with van der Waals surface area (Å²) < 4.78 is 4.17. The molecule has 0 bridgehead atoms. The number of hydrogen-bond acceptors (Lipinski definition) is 3. The van der Waals surface area contributed by atoms with Gasteiger partial charge in [0.1, 0.15) is 0 Å². The van der Waals surface area contributed by atoms with E-state index < -0.39 is 5.97 Å². The Labute approximate surface area is 104 Å². The maximum atomic E-state index is 10.4. The highest BCUT2D eigenvalue weighted by Gasteiger charge is 2.08. The second-order valence-electron chi connectivity index (χ2n) is 3.86. The summed E-state index contributed by atoms with van der Waals surface area (Å²) in [5.41, 5.74) is 0. The van der Waals surface area contributed by atoms with Crippen molar-refractivity contribution >= 4 is 11.9 Å².